The molecule has 1 amide bonds. The summed E-state index contributed by atoms with van der Waals surface area (Å²) < 4.78 is 0. The fourth-order valence-corrected chi connectivity index (χ4v) is 4.93. The number of nitrogens with zero attached hydrogens (tertiary/aromatic N) is 2. The minimum Gasteiger partial charge on any atom is -0.369 e. The van der Waals surface area contributed by atoms with Gasteiger partial charge in [-0.1, -0.05) is 48.1 Å². The normalized spacial score (nSPS) is 29.9. The highest BCUT2D eigenvalue weighted by molar-refractivity contribution is 5.98. The molecule has 1 heterocycles. The van der Waals surface area contributed by atoms with Crippen LogP contribution in [0.25, 0.3) is 0 Å². The number of amides is 1. The van der Waals surface area contributed by atoms with E-state index in [4.69, 9.17) is 10.7 Å². The van der Waals surface area contributed by atoms with Crippen molar-refractivity contribution in [2.75, 3.05) is 7.05 Å². The molecule has 3 aliphatic rings. The Morgan fingerprint density at radius 3 is 2.82 bits per heavy atom. The van der Waals surface area contributed by atoms with Crippen molar-refractivity contribution in [3.63, 3.8) is 0 Å². The second kappa shape index (κ2) is 7.57. The van der Waals surface area contributed by atoms with Crippen LogP contribution in [0.15, 0.2) is 53.1 Å². The SMILES string of the molecule is CN1C(=O)CC(C)(C2CCC2c2cccc(CCC3=CC=CCC3)c2)N=C1N. The van der Waals surface area contributed by atoms with Crippen molar-refractivity contribution in [1.29, 1.82) is 0 Å². The third kappa shape index (κ3) is 3.65. The van der Waals surface area contributed by atoms with Gasteiger partial charge in [-0.15, -0.1) is 0 Å². The van der Waals surface area contributed by atoms with Crippen LogP contribution in [0, 0.1) is 5.92 Å². The highest BCUT2D eigenvalue weighted by Gasteiger charge is 2.48. The van der Waals surface area contributed by atoms with E-state index >= 15 is 0 Å². The minimum absolute atomic E-state index is 0.0733. The highest BCUT2D eigenvalue weighted by atomic mass is 16.2. The number of hydrogen-bond acceptors (Lipinski definition) is 3. The van der Waals surface area contributed by atoms with E-state index in [2.05, 4.69) is 49.4 Å². The second-order valence-corrected chi connectivity index (χ2v) is 8.78. The maximum atomic E-state index is 12.4. The van der Waals surface area contributed by atoms with Crippen molar-refractivity contribution >= 4 is 11.9 Å². The first-order valence-corrected chi connectivity index (χ1v) is 10.5. The molecule has 148 valence electrons. The molecule has 1 fully saturated rings. The molecule has 3 unspecified atom stereocenters. The lowest BCUT2D eigenvalue weighted by atomic mass is 9.60. The number of carbonyl (C=O) groups is 1. The third-order valence-corrected chi connectivity index (χ3v) is 6.88. The first kappa shape index (κ1) is 19.0. The van der Waals surface area contributed by atoms with Gasteiger partial charge in [-0.05, 0) is 68.4 Å². The molecular weight excluding hydrogens is 346 g/mol. The average molecular weight is 378 g/mol. The number of benzene rings is 1. The summed E-state index contributed by atoms with van der Waals surface area (Å²) in [7, 11) is 1.71. The second-order valence-electron chi connectivity index (χ2n) is 8.78. The van der Waals surface area contributed by atoms with E-state index in [-0.39, 0.29) is 11.4 Å². The zero-order valence-corrected chi connectivity index (χ0v) is 17.0. The highest BCUT2D eigenvalue weighted by Crippen LogP contribution is 2.51. The van der Waals surface area contributed by atoms with Crippen molar-refractivity contribution in [3.05, 3.63) is 59.2 Å². The first-order chi connectivity index (χ1) is 13.5. The molecule has 0 radical (unpaired) electrons. The average Bonchev–Trinajstić information content (AvgIpc) is 2.64. The number of allylic oxidation sites excluding steroid dienone is 4. The van der Waals surface area contributed by atoms with Crippen LogP contribution >= 0.6 is 0 Å². The van der Waals surface area contributed by atoms with E-state index in [1.54, 1.807) is 12.6 Å². The number of rotatable bonds is 5. The lowest BCUT2D eigenvalue weighted by Crippen LogP contribution is -2.54. The Kier molecular flexibility index (Phi) is 5.13. The summed E-state index contributed by atoms with van der Waals surface area (Å²) in [6.07, 6.45) is 14.0. The van der Waals surface area contributed by atoms with Gasteiger partial charge in [-0.2, -0.15) is 0 Å². The Balaban J connectivity index is 1.48. The molecule has 1 saturated carbocycles. The molecule has 3 atom stereocenters. The van der Waals surface area contributed by atoms with Gasteiger partial charge in [0.05, 0.1) is 12.0 Å². The van der Waals surface area contributed by atoms with E-state index in [0.717, 1.165) is 19.3 Å². The molecule has 1 aliphatic heterocycles. The number of nitrogens with two attached hydrogens (primary N) is 1. The van der Waals surface area contributed by atoms with Crippen molar-refractivity contribution in [2.24, 2.45) is 16.6 Å². The smallest absolute Gasteiger partial charge is 0.231 e. The Labute approximate surface area is 168 Å². The maximum Gasteiger partial charge on any atom is 0.231 e. The largest absolute Gasteiger partial charge is 0.369 e. The van der Waals surface area contributed by atoms with Crippen LogP contribution in [-0.4, -0.2) is 29.4 Å². The van der Waals surface area contributed by atoms with E-state index in [0.29, 0.717) is 24.2 Å². The monoisotopic (exact) mass is 377 g/mol. The molecule has 0 aromatic heterocycles. The topological polar surface area (TPSA) is 58.7 Å². The van der Waals surface area contributed by atoms with Crippen LogP contribution in [0.5, 0.6) is 0 Å². The summed E-state index contributed by atoms with van der Waals surface area (Å²) in [4.78, 5) is 18.6. The van der Waals surface area contributed by atoms with Gasteiger partial charge in [-0.25, -0.2) is 4.99 Å². The summed E-state index contributed by atoms with van der Waals surface area (Å²) in [6, 6.07) is 9.06. The van der Waals surface area contributed by atoms with Crippen LogP contribution in [0.1, 0.15) is 62.5 Å². The molecule has 4 rings (SSSR count). The fourth-order valence-electron chi connectivity index (χ4n) is 4.93. The van der Waals surface area contributed by atoms with Gasteiger partial charge in [0.1, 0.15) is 0 Å². The lowest BCUT2D eigenvalue weighted by molar-refractivity contribution is -0.129. The predicted octanol–water partition coefficient (Wildman–Crippen LogP) is 4.32. The molecule has 28 heavy (non-hydrogen) atoms. The number of guanidine groups is 1. The number of hydrogen-bond donors (Lipinski definition) is 1. The summed E-state index contributed by atoms with van der Waals surface area (Å²) in [5.41, 5.74) is 10.00. The molecule has 4 heteroatoms. The molecule has 2 aliphatic carbocycles. The molecule has 0 spiro atoms. The molecule has 1 aromatic rings. The molecular formula is C24H31N3O. The standard InChI is InChI=1S/C24H31N3O/c1-24(16-22(28)27(2)23(25)26-24)21-14-13-20(21)19-10-6-9-18(15-19)12-11-17-7-4-3-5-8-17/h3-4,6-7,9-10,15,20-21H,5,8,11-14,16H2,1-2H3,(H2,25,26). The summed E-state index contributed by atoms with van der Waals surface area (Å²) in [5.74, 6) is 1.27. The Hall–Kier alpha value is -2.36. The van der Waals surface area contributed by atoms with Crippen molar-refractivity contribution in [1.82, 2.24) is 4.90 Å². The maximum absolute atomic E-state index is 12.4. The van der Waals surface area contributed by atoms with Gasteiger partial charge in [0.25, 0.3) is 0 Å². The van der Waals surface area contributed by atoms with Crippen molar-refractivity contribution in [3.8, 4) is 0 Å². The van der Waals surface area contributed by atoms with Crippen molar-refractivity contribution in [2.45, 2.75) is 63.3 Å². The van der Waals surface area contributed by atoms with Gasteiger partial charge in [0.2, 0.25) is 5.91 Å². The zero-order valence-electron chi connectivity index (χ0n) is 17.0. The molecule has 0 bridgehead atoms. The third-order valence-electron chi connectivity index (χ3n) is 6.88. The van der Waals surface area contributed by atoms with Gasteiger partial charge in [0.15, 0.2) is 5.96 Å². The number of aryl methyl sites for hydroxylation is 1. The van der Waals surface area contributed by atoms with Crippen molar-refractivity contribution < 1.29 is 4.79 Å². The summed E-state index contributed by atoms with van der Waals surface area (Å²) in [5, 5.41) is 0. The van der Waals surface area contributed by atoms with Crippen LogP contribution in [0.3, 0.4) is 0 Å². The van der Waals surface area contributed by atoms with E-state index in [9.17, 15) is 4.79 Å². The van der Waals surface area contributed by atoms with Crippen LogP contribution in [0.4, 0.5) is 0 Å². The van der Waals surface area contributed by atoms with Crippen LogP contribution < -0.4 is 5.73 Å². The fraction of sp³-hybridized carbons (Fsp3) is 0.500. The van der Waals surface area contributed by atoms with Gasteiger partial charge < -0.3 is 5.73 Å². The van der Waals surface area contributed by atoms with Crippen LogP contribution in [0.2, 0.25) is 0 Å². The Morgan fingerprint density at radius 1 is 1.29 bits per heavy atom. The minimum atomic E-state index is -0.383. The quantitative estimate of drug-likeness (QED) is 0.830. The zero-order chi connectivity index (χ0) is 19.7. The number of aliphatic imine (C=N–C) groups is 1. The Bertz CT molecular complexity index is 853. The molecule has 1 aromatic carbocycles. The summed E-state index contributed by atoms with van der Waals surface area (Å²) in [6.45, 7) is 2.11. The molecule has 0 saturated heterocycles. The lowest BCUT2D eigenvalue weighted by Gasteiger charge is -2.48. The van der Waals surface area contributed by atoms with E-state index in [1.165, 1.54) is 35.3 Å². The Morgan fingerprint density at radius 2 is 2.14 bits per heavy atom. The van der Waals surface area contributed by atoms with Crippen LogP contribution in [-0.2, 0) is 11.2 Å². The predicted molar refractivity (Wildman–Crippen MR) is 114 cm³/mol. The van der Waals surface area contributed by atoms with E-state index < -0.39 is 0 Å². The van der Waals surface area contributed by atoms with Gasteiger partial charge in [-0.3, -0.25) is 9.69 Å². The van der Waals surface area contributed by atoms with E-state index in [1.807, 2.05) is 0 Å². The van der Waals surface area contributed by atoms with Gasteiger partial charge >= 0.3 is 0 Å². The van der Waals surface area contributed by atoms with Gasteiger partial charge in [0, 0.05) is 7.05 Å². The molecule has 4 nitrogen and oxygen atoms in total. The first-order valence-electron chi connectivity index (χ1n) is 10.5. The number of carbonyl (C=O) groups excluding carboxylic acids is 1. The summed E-state index contributed by atoms with van der Waals surface area (Å²) >= 11 is 0. The molecule has 2 N–H and O–H groups in total.